The maximum atomic E-state index is 12.3. The molecule has 2 heterocycles. The maximum Gasteiger partial charge on any atom is 0.314 e. The van der Waals surface area contributed by atoms with E-state index in [2.05, 4.69) is 10.6 Å². The summed E-state index contributed by atoms with van der Waals surface area (Å²) in [7, 11) is 0. The Balaban J connectivity index is 1.45. The summed E-state index contributed by atoms with van der Waals surface area (Å²) in [6, 6.07) is 10.2. The normalized spacial score (nSPS) is 14.2. The molecule has 8 nitrogen and oxygen atoms in total. The topological polar surface area (TPSA) is 97.0 Å². The zero-order valence-electron chi connectivity index (χ0n) is 15.3. The molecule has 4 rings (SSSR count). The molecule has 0 bridgehead atoms. The molecule has 2 aromatic carbocycles. The van der Waals surface area contributed by atoms with Gasteiger partial charge in [0.1, 0.15) is 0 Å². The predicted octanol–water partition coefficient (Wildman–Crippen LogP) is 2.29. The van der Waals surface area contributed by atoms with Crippen LogP contribution in [0.25, 0.3) is 0 Å². The molecule has 0 radical (unpaired) electrons. The number of carbonyl (C=O) groups is 3. The summed E-state index contributed by atoms with van der Waals surface area (Å²) in [5.41, 5.74) is 2.70. The lowest BCUT2D eigenvalue weighted by atomic mass is 10.0. The molecule has 0 fully saturated rings. The largest absolute Gasteiger partial charge is 0.454 e. The smallest absolute Gasteiger partial charge is 0.314 e. The van der Waals surface area contributed by atoms with Crippen molar-refractivity contribution in [3.05, 3.63) is 42.0 Å². The van der Waals surface area contributed by atoms with E-state index in [4.69, 9.17) is 9.47 Å². The van der Waals surface area contributed by atoms with Crippen molar-refractivity contribution < 1.29 is 23.9 Å². The van der Waals surface area contributed by atoms with Crippen molar-refractivity contribution in [2.75, 3.05) is 28.9 Å². The van der Waals surface area contributed by atoms with Crippen LogP contribution in [0.5, 0.6) is 11.5 Å². The van der Waals surface area contributed by atoms with Crippen LogP contribution in [0.4, 0.5) is 17.1 Å². The SMILES string of the molecule is CC(=O)N1CCCc2ccc(NC(=O)C(=O)Nc3ccc4c(c3)OCO4)cc21. The van der Waals surface area contributed by atoms with E-state index in [1.165, 1.54) is 6.92 Å². The summed E-state index contributed by atoms with van der Waals surface area (Å²) in [4.78, 5) is 38.0. The summed E-state index contributed by atoms with van der Waals surface area (Å²) in [6.45, 7) is 2.28. The van der Waals surface area contributed by atoms with Crippen LogP contribution in [0.15, 0.2) is 36.4 Å². The first-order chi connectivity index (χ1) is 13.5. The Hall–Kier alpha value is -3.55. The zero-order chi connectivity index (χ0) is 19.7. The van der Waals surface area contributed by atoms with Gasteiger partial charge in [-0.3, -0.25) is 14.4 Å². The summed E-state index contributed by atoms with van der Waals surface area (Å²) >= 11 is 0. The molecule has 3 amide bonds. The van der Waals surface area contributed by atoms with Gasteiger partial charge in [0.15, 0.2) is 11.5 Å². The van der Waals surface area contributed by atoms with Crippen LogP contribution in [-0.2, 0) is 20.8 Å². The number of hydrogen-bond acceptors (Lipinski definition) is 5. The van der Waals surface area contributed by atoms with E-state index in [9.17, 15) is 14.4 Å². The molecule has 0 aliphatic carbocycles. The van der Waals surface area contributed by atoms with Gasteiger partial charge in [-0.1, -0.05) is 6.07 Å². The van der Waals surface area contributed by atoms with Crippen molar-refractivity contribution in [3.8, 4) is 11.5 Å². The Morgan fingerprint density at radius 3 is 2.36 bits per heavy atom. The predicted molar refractivity (Wildman–Crippen MR) is 103 cm³/mol. The highest BCUT2D eigenvalue weighted by Gasteiger charge is 2.22. The number of benzene rings is 2. The second-order valence-corrected chi connectivity index (χ2v) is 6.59. The zero-order valence-corrected chi connectivity index (χ0v) is 15.3. The number of aryl methyl sites for hydroxylation is 1. The first-order valence-electron chi connectivity index (χ1n) is 8.94. The highest BCUT2D eigenvalue weighted by molar-refractivity contribution is 6.43. The number of rotatable bonds is 2. The third-order valence-corrected chi connectivity index (χ3v) is 4.68. The van der Waals surface area contributed by atoms with Crippen LogP contribution in [-0.4, -0.2) is 31.1 Å². The monoisotopic (exact) mass is 381 g/mol. The van der Waals surface area contributed by atoms with Gasteiger partial charge in [-0.25, -0.2) is 0 Å². The van der Waals surface area contributed by atoms with Crippen molar-refractivity contribution in [1.82, 2.24) is 0 Å². The second kappa shape index (κ2) is 7.22. The molecule has 2 aromatic rings. The summed E-state index contributed by atoms with van der Waals surface area (Å²) in [5.74, 6) is -0.559. The molecule has 0 unspecified atom stereocenters. The number of carbonyl (C=O) groups excluding carboxylic acids is 3. The number of hydrogen-bond donors (Lipinski definition) is 2. The van der Waals surface area contributed by atoms with Crippen LogP contribution >= 0.6 is 0 Å². The number of ether oxygens (including phenoxy) is 2. The number of nitrogens with one attached hydrogen (secondary N) is 2. The maximum absolute atomic E-state index is 12.3. The lowest BCUT2D eigenvalue weighted by Gasteiger charge is -2.29. The molecule has 8 heteroatoms. The van der Waals surface area contributed by atoms with Gasteiger partial charge in [0.25, 0.3) is 0 Å². The fraction of sp³-hybridized carbons (Fsp3) is 0.250. The van der Waals surface area contributed by atoms with Crippen molar-refractivity contribution in [2.45, 2.75) is 19.8 Å². The van der Waals surface area contributed by atoms with Crippen LogP contribution in [0, 0.1) is 0 Å². The Morgan fingerprint density at radius 2 is 1.61 bits per heavy atom. The number of amides is 3. The average Bonchev–Trinajstić information content (AvgIpc) is 3.15. The molecule has 0 spiro atoms. The van der Waals surface area contributed by atoms with Crippen LogP contribution < -0.4 is 25.0 Å². The van der Waals surface area contributed by atoms with Gasteiger partial charge in [0, 0.05) is 36.6 Å². The van der Waals surface area contributed by atoms with Crippen LogP contribution in [0.1, 0.15) is 18.9 Å². The van der Waals surface area contributed by atoms with Gasteiger partial charge in [0.05, 0.1) is 0 Å². The standard InChI is InChI=1S/C20H19N3O5/c1-12(24)23-8-2-3-13-4-5-14(9-16(13)23)21-19(25)20(26)22-15-6-7-17-18(10-15)28-11-27-17/h4-7,9-10H,2-3,8,11H2,1H3,(H,21,25)(H,22,26). The Labute approximate surface area is 161 Å². The van der Waals surface area contributed by atoms with Gasteiger partial charge in [-0.05, 0) is 42.7 Å². The fourth-order valence-corrected chi connectivity index (χ4v) is 3.33. The molecule has 2 aliphatic rings. The minimum Gasteiger partial charge on any atom is -0.454 e. The third-order valence-electron chi connectivity index (χ3n) is 4.68. The number of anilines is 3. The van der Waals surface area contributed by atoms with Gasteiger partial charge < -0.3 is 25.0 Å². The van der Waals surface area contributed by atoms with E-state index in [0.29, 0.717) is 29.4 Å². The fourth-order valence-electron chi connectivity index (χ4n) is 3.33. The molecule has 0 saturated carbocycles. The molecule has 2 aliphatic heterocycles. The minimum atomic E-state index is -0.806. The summed E-state index contributed by atoms with van der Waals surface area (Å²) < 4.78 is 10.5. The Morgan fingerprint density at radius 1 is 0.929 bits per heavy atom. The quantitative estimate of drug-likeness (QED) is 0.778. The van der Waals surface area contributed by atoms with Gasteiger partial charge in [0.2, 0.25) is 12.7 Å². The molecule has 0 saturated heterocycles. The van der Waals surface area contributed by atoms with E-state index < -0.39 is 11.8 Å². The molecule has 2 N–H and O–H groups in total. The van der Waals surface area contributed by atoms with E-state index >= 15 is 0 Å². The minimum absolute atomic E-state index is 0.0509. The molecular formula is C20H19N3O5. The lowest BCUT2D eigenvalue weighted by Crippen LogP contribution is -2.34. The number of nitrogens with zero attached hydrogens (tertiary/aromatic N) is 1. The van der Waals surface area contributed by atoms with Crippen molar-refractivity contribution in [3.63, 3.8) is 0 Å². The highest BCUT2D eigenvalue weighted by atomic mass is 16.7. The van der Waals surface area contributed by atoms with E-state index in [-0.39, 0.29) is 12.7 Å². The second-order valence-electron chi connectivity index (χ2n) is 6.59. The van der Waals surface area contributed by atoms with E-state index in [1.54, 1.807) is 35.2 Å². The van der Waals surface area contributed by atoms with Crippen molar-refractivity contribution in [2.24, 2.45) is 0 Å². The summed E-state index contributed by atoms with van der Waals surface area (Å²) in [6.07, 6.45) is 1.77. The van der Waals surface area contributed by atoms with Crippen LogP contribution in [0.2, 0.25) is 0 Å². The Kier molecular flexibility index (Phi) is 4.60. The molecule has 28 heavy (non-hydrogen) atoms. The highest BCUT2D eigenvalue weighted by Crippen LogP contribution is 2.34. The Bertz CT molecular complexity index is 972. The van der Waals surface area contributed by atoms with Crippen molar-refractivity contribution >= 4 is 34.8 Å². The first kappa shape index (κ1) is 17.8. The lowest BCUT2D eigenvalue weighted by molar-refractivity contribution is -0.132. The van der Waals surface area contributed by atoms with Gasteiger partial charge in [-0.15, -0.1) is 0 Å². The van der Waals surface area contributed by atoms with Gasteiger partial charge >= 0.3 is 11.8 Å². The summed E-state index contributed by atoms with van der Waals surface area (Å²) in [5, 5.41) is 5.11. The number of fused-ring (bicyclic) bond motifs is 2. The third kappa shape index (κ3) is 3.48. The first-order valence-corrected chi connectivity index (χ1v) is 8.94. The molecular weight excluding hydrogens is 362 g/mol. The van der Waals surface area contributed by atoms with Crippen molar-refractivity contribution in [1.29, 1.82) is 0 Å². The van der Waals surface area contributed by atoms with E-state index in [1.807, 2.05) is 6.07 Å². The van der Waals surface area contributed by atoms with E-state index in [0.717, 1.165) is 24.1 Å². The molecule has 0 atom stereocenters. The molecule has 144 valence electrons. The van der Waals surface area contributed by atoms with Crippen LogP contribution in [0.3, 0.4) is 0 Å². The van der Waals surface area contributed by atoms with Gasteiger partial charge in [-0.2, -0.15) is 0 Å². The average molecular weight is 381 g/mol. The molecule has 0 aromatic heterocycles.